The van der Waals surface area contributed by atoms with E-state index in [1.807, 2.05) is 13.2 Å². The number of nitrogens with zero attached hydrogens (tertiary/aromatic N) is 2. The number of para-hydroxylation sites is 1. The van der Waals surface area contributed by atoms with Crippen molar-refractivity contribution in [3.63, 3.8) is 0 Å². The normalized spacial score (nSPS) is 16.8. The molecule has 0 spiro atoms. The van der Waals surface area contributed by atoms with Crippen LogP contribution in [0.15, 0.2) is 36.5 Å². The molecule has 0 unspecified atom stereocenters. The van der Waals surface area contributed by atoms with Gasteiger partial charge in [-0.1, -0.05) is 18.2 Å². The van der Waals surface area contributed by atoms with Crippen LogP contribution in [-0.4, -0.2) is 31.7 Å². The van der Waals surface area contributed by atoms with Crippen LogP contribution in [0.5, 0.6) is 0 Å². The number of hydrogen-bond acceptors (Lipinski definition) is 3. The standard InChI is InChI=1S/C17H23N3/c1-18-10-6-14-8-12-20(13-9-14)17-7-11-19-16-5-3-2-4-15(16)17/h2-5,7,11,14,18H,6,8-10,12-13H2,1H3. The number of piperidine rings is 1. The molecule has 0 saturated carbocycles. The highest BCUT2D eigenvalue weighted by atomic mass is 15.1. The highest BCUT2D eigenvalue weighted by Crippen LogP contribution is 2.29. The summed E-state index contributed by atoms with van der Waals surface area (Å²) in [6, 6.07) is 10.6. The summed E-state index contributed by atoms with van der Waals surface area (Å²) < 4.78 is 0. The Morgan fingerprint density at radius 3 is 2.80 bits per heavy atom. The lowest BCUT2D eigenvalue weighted by Gasteiger charge is -2.34. The van der Waals surface area contributed by atoms with Gasteiger partial charge >= 0.3 is 0 Å². The van der Waals surface area contributed by atoms with E-state index in [0.29, 0.717) is 0 Å². The van der Waals surface area contributed by atoms with Crippen LogP contribution in [-0.2, 0) is 0 Å². The molecule has 0 bridgehead atoms. The molecule has 20 heavy (non-hydrogen) atoms. The van der Waals surface area contributed by atoms with E-state index >= 15 is 0 Å². The largest absolute Gasteiger partial charge is 0.371 e. The molecule has 1 aromatic carbocycles. The molecule has 0 aliphatic carbocycles. The van der Waals surface area contributed by atoms with Crippen molar-refractivity contribution in [1.82, 2.24) is 10.3 Å². The van der Waals surface area contributed by atoms with Gasteiger partial charge in [-0.05, 0) is 50.9 Å². The summed E-state index contributed by atoms with van der Waals surface area (Å²) >= 11 is 0. The predicted molar refractivity (Wildman–Crippen MR) is 85.2 cm³/mol. The van der Waals surface area contributed by atoms with E-state index in [0.717, 1.165) is 18.0 Å². The van der Waals surface area contributed by atoms with Crippen LogP contribution in [0.1, 0.15) is 19.3 Å². The van der Waals surface area contributed by atoms with Crippen LogP contribution < -0.4 is 10.2 Å². The van der Waals surface area contributed by atoms with E-state index in [-0.39, 0.29) is 0 Å². The van der Waals surface area contributed by atoms with Crippen LogP contribution >= 0.6 is 0 Å². The van der Waals surface area contributed by atoms with Crippen LogP contribution in [0.2, 0.25) is 0 Å². The van der Waals surface area contributed by atoms with Crippen molar-refractivity contribution in [3.8, 4) is 0 Å². The maximum Gasteiger partial charge on any atom is 0.0722 e. The molecular weight excluding hydrogens is 246 g/mol. The van der Waals surface area contributed by atoms with Gasteiger partial charge in [0.1, 0.15) is 0 Å². The van der Waals surface area contributed by atoms with Crippen LogP contribution in [0.4, 0.5) is 5.69 Å². The smallest absolute Gasteiger partial charge is 0.0722 e. The molecule has 2 aromatic rings. The first-order valence-electron chi connectivity index (χ1n) is 7.62. The number of anilines is 1. The maximum absolute atomic E-state index is 4.46. The van der Waals surface area contributed by atoms with Gasteiger partial charge < -0.3 is 10.2 Å². The number of pyridine rings is 1. The molecule has 1 N–H and O–H groups in total. The monoisotopic (exact) mass is 269 g/mol. The first kappa shape index (κ1) is 13.4. The van der Waals surface area contributed by atoms with Crippen molar-refractivity contribution in [3.05, 3.63) is 36.5 Å². The van der Waals surface area contributed by atoms with Crippen molar-refractivity contribution in [2.75, 3.05) is 31.6 Å². The molecule has 3 rings (SSSR count). The van der Waals surface area contributed by atoms with Crippen LogP contribution in [0.25, 0.3) is 10.9 Å². The van der Waals surface area contributed by atoms with E-state index in [9.17, 15) is 0 Å². The molecule has 1 saturated heterocycles. The van der Waals surface area contributed by atoms with Crippen LogP contribution in [0.3, 0.4) is 0 Å². The Bertz CT molecular complexity index is 554. The highest BCUT2D eigenvalue weighted by Gasteiger charge is 2.20. The zero-order valence-corrected chi connectivity index (χ0v) is 12.2. The third-order valence-electron chi connectivity index (χ3n) is 4.38. The minimum Gasteiger partial charge on any atom is -0.371 e. The summed E-state index contributed by atoms with van der Waals surface area (Å²) in [4.78, 5) is 6.98. The van der Waals surface area contributed by atoms with Gasteiger partial charge in [-0.3, -0.25) is 4.98 Å². The lowest BCUT2D eigenvalue weighted by Crippen LogP contribution is -2.34. The van der Waals surface area contributed by atoms with E-state index in [4.69, 9.17) is 0 Å². The molecule has 3 heteroatoms. The van der Waals surface area contributed by atoms with Gasteiger partial charge in [0.25, 0.3) is 0 Å². The predicted octanol–water partition coefficient (Wildman–Crippen LogP) is 3.06. The van der Waals surface area contributed by atoms with E-state index < -0.39 is 0 Å². The lowest BCUT2D eigenvalue weighted by molar-refractivity contribution is 0.378. The van der Waals surface area contributed by atoms with Gasteiger partial charge in [0.2, 0.25) is 0 Å². The van der Waals surface area contributed by atoms with Crippen molar-refractivity contribution in [2.45, 2.75) is 19.3 Å². The summed E-state index contributed by atoms with van der Waals surface area (Å²) in [5.74, 6) is 0.881. The van der Waals surface area contributed by atoms with Crippen molar-refractivity contribution < 1.29 is 0 Å². The topological polar surface area (TPSA) is 28.2 Å². The third-order valence-corrected chi connectivity index (χ3v) is 4.38. The Hall–Kier alpha value is -1.61. The molecule has 0 radical (unpaired) electrons. The molecule has 1 aliphatic rings. The lowest BCUT2D eigenvalue weighted by atomic mass is 9.93. The average Bonchev–Trinajstić information content (AvgIpc) is 2.53. The number of benzene rings is 1. The molecule has 1 aromatic heterocycles. The number of hydrogen-bond donors (Lipinski definition) is 1. The molecule has 106 valence electrons. The highest BCUT2D eigenvalue weighted by molar-refractivity contribution is 5.91. The number of fused-ring (bicyclic) bond motifs is 1. The Kier molecular flexibility index (Phi) is 4.16. The number of rotatable bonds is 4. The van der Waals surface area contributed by atoms with E-state index in [1.165, 1.54) is 43.4 Å². The fourth-order valence-corrected chi connectivity index (χ4v) is 3.17. The first-order valence-corrected chi connectivity index (χ1v) is 7.62. The Morgan fingerprint density at radius 2 is 2.00 bits per heavy atom. The molecule has 0 amide bonds. The molecule has 1 aliphatic heterocycles. The second-order valence-electron chi connectivity index (χ2n) is 5.67. The number of nitrogens with one attached hydrogen (secondary N) is 1. The molecule has 1 fully saturated rings. The summed E-state index contributed by atoms with van der Waals surface area (Å²) in [6.45, 7) is 3.48. The first-order chi connectivity index (χ1) is 9.88. The Labute approximate surface area is 121 Å². The molecular formula is C17H23N3. The van der Waals surface area contributed by atoms with Gasteiger partial charge in [-0.15, -0.1) is 0 Å². The zero-order chi connectivity index (χ0) is 13.8. The summed E-state index contributed by atoms with van der Waals surface area (Å²) in [5, 5.41) is 4.54. The Balaban J connectivity index is 1.74. The SMILES string of the molecule is CNCCC1CCN(c2ccnc3ccccc23)CC1. The fourth-order valence-electron chi connectivity index (χ4n) is 3.17. The molecule has 0 atom stereocenters. The maximum atomic E-state index is 4.46. The minimum atomic E-state index is 0.881. The van der Waals surface area contributed by atoms with Gasteiger partial charge in [-0.2, -0.15) is 0 Å². The number of aromatic nitrogens is 1. The Morgan fingerprint density at radius 1 is 1.20 bits per heavy atom. The average molecular weight is 269 g/mol. The van der Waals surface area contributed by atoms with Crippen molar-refractivity contribution >= 4 is 16.6 Å². The fraction of sp³-hybridized carbons (Fsp3) is 0.471. The zero-order valence-electron chi connectivity index (χ0n) is 12.2. The van der Waals surface area contributed by atoms with Gasteiger partial charge in [0.05, 0.1) is 5.52 Å². The second kappa shape index (κ2) is 6.23. The quantitative estimate of drug-likeness (QED) is 0.924. The molecule has 2 heterocycles. The van der Waals surface area contributed by atoms with E-state index in [1.54, 1.807) is 0 Å². The van der Waals surface area contributed by atoms with Gasteiger partial charge in [0.15, 0.2) is 0 Å². The van der Waals surface area contributed by atoms with E-state index in [2.05, 4.69) is 45.5 Å². The summed E-state index contributed by atoms with van der Waals surface area (Å²) in [5.41, 5.74) is 2.45. The van der Waals surface area contributed by atoms with Crippen molar-refractivity contribution in [2.24, 2.45) is 5.92 Å². The van der Waals surface area contributed by atoms with Gasteiger partial charge in [-0.25, -0.2) is 0 Å². The second-order valence-corrected chi connectivity index (χ2v) is 5.67. The minimum absolute atomic E-state index is 0.881. The summed E-state index contributed by atoms with van der Waals surface area (Å²) in [6.07, 6.45) is 5.85. The van der Waals surface area contributed by atoms with Crippen molar-refractivity contribution in [1.29, 1.82) is 0 Å². The van der Waals surface area contributed by atoms with Gasteiger partial charge in [0, 0.05) is 30.4 Å². The molecule has 3 nitrogen and oxygen atoms in total. The van der Waals surface area contributed by atoms with Crippen LogP contribution in [0, 0.1) is 5.92 Å². The summed E-state index contributed by atoms with van der Waals surface area (Å²) in [7, 11) is 2.04. The third kappa shape index (κ3) is 2.78.